The molecule has 0 amide bonds. The monoisotopic (exact) mass is 341 g/mol. The molecule has 1 saturated heterocycles. The molecule has 1 aliphatic heterocycles. The fraction of sp³-hybridized carbons (Fsp3) is 0.625. The van der Waals surface area contributed by atoms with Crippen molar-refractivity contribution in [3.63, 3.8) is 0 Å². The molecule has 1 aromatic rings. The minimum absolute atomic E-state index is 0.310. The second-order valence-electron chi connectivity index (χ2n) is 5.71. The molecule has 0 spiro atoms. The van der Waals surface area contributed by atoms with Crippen molar-refractivity contribution in [1.29, 1.82) is 0 Å². The molecule has 23 heavy (non-hydrogen) atoms. The third-order valence-electron chi connectivity index (χ3n) is 4.31. The van der Waals surface area contributed by atoms with Crippen molar-refractivity contribution in [3.8, 4) is 5.75 Å². The highest BCUT2D eigenvalue weighted by atomic mass is 32.2. The average molecular weight is 341 g/mol. The molecule has 2 rings (SSSR count). The first kappa shape index (κ1) is 18.0. The van der Waals surface area contributed by atoms with Crippen molar-refractivity contribution in [2.45, 2.75) is 20.3 Å². The summed E-state index contributed by atoms with van der Waals surface area (Å²) in [5.74, 6) is 1.17. The number of para-hydroxylation sites is 2. The summed E-state index contributed by atoms with van der Waals surface area (Å²) >= 11 is 0. The molecule has 0 aromatic heterocycles. The van der Waals surface area contributed by atoms with Crippen LogP contribution in [0.1, 0.15) is 20.3 Å². The highest BCUT2D eigenvalue weighted by molar-refractivity contribution is 7.87. The van der Waals surface area contributed by atoms with Crippen LogP contribution in [0.4, 0.5) is 5.69 Å². The van der Waals surface area contributed by atoms with Gasteiger partial charge in [0.25, 0.3) is 10.2 Å². The molecule has 1 aliphatic rings. The number of rotatable bonds is 8. The van der Waals surface area contributed by atoms with Crippen molar-refractivity contribution in [2.75, 3.05) is 44.7 Å². The van der Waals surface area contributed by atoms with Crippen LogP contribution in [-0.2, 0) is 10.2 Å². The van der Waals surface area contributed by atoms with Crippen LogP contribution >= 0.6 is 0 Å². The lowest BCUT2D eigenvalue weighted by atomic mass is 10.1. The average Bonchev–Trinajstić information content (AvgIpc) is 3.03. The van der Waals surface area contributed by atoms with Gasteiger partial charge >= 0.3 is 0 Å². The van der Waals surface area contributed by atoms with Gasteiger partial charge in [0.15, 0.2) is 0 Å². The maximum atomic E-state index is 12.2. The van der Waals surface area contributed by atoms with Gasteiger partial charge in [-0.2, -0.15) is 12.7 Å². The molecule has 1 heterocycles. The molecule has 0 bridgehead atoms. The van der Waals surface area contributed by atoms with Gasteiger partial charge in [0, 0.05) is 32.7 Å². The molecule has 0 unspecified atom stereocenters. The molecule has 1 fully saturated rings. The van der Waals surface area contributed by atoms with E-state index in [0.717, 1.165) is 30.9 Å². The standard InChI is InChI=1S/C16H27N3O3S/c1-4-19(5-2)23(20,21)17-12-14-10-11-18(13-14)15-8-6-7-9-16(15)22-3/h6-9,14,17H,4-5,10-13H2,1-3H3/t14-/m1/s1. The molecular weight excluding hydrogens is 314 g/mol. The molecule has 1 atom stereocenters. The predicted octanol–water partition coefficient (Wildman–Crippen LogP) is 1.70. The summed E-state index contributed by atoms with van der Waals surface area (Å²) in [7, 11) is -1.69. The van der Waals surface area contributed by atoms with Crippen LogP contribution in [-0.4, -0.2) is 52.6 Å². The van der Waals surface area contributed by atoms with Crippen molar-refractivity contribution < 1.29 is 13.2 Å². The number of benzene rings is 1. The second kappa shape index (κ2) is 7.99. The lowest BCUT2D eigenvalue weighted by Gasteiger charge is -2.22. The van der Waals surface area contributed by atoms with Crippen LogP contribution in [0.25, 0.3) is 0 Å². The zero-order valence-corrected chi connectivity index (χ0v) is 15.0. The molecular formula is C16H27N3O3S. The summed E-state index contributed by atoms with van der Waals surface area (Å²) in [6.07, 6.45) is 0.971. The second-order valence-corrected chi connectivity index (χ2v) is 7.47. The van der Waals surface area contributed by atoms with Gasteiger partial charge in [0.2, 0.25) is 0 Å². The van der Waals surface area contributed by atoms with E-state index in [0.29, 0.717) is 25.6 Å². The maximum Gasteiger partial charge on any atom is 0.279 e. The molecule has 7 heteroatoms. The van der Waals surface area contributed by atoms with E-state index in [1.54, 1.807) is 7.11 Å². The largest absolute Gasteiger partial charge is 0.495 e. The van der Waals surface area contributed by atoms with E-state index in [9.17, 15) is 8.42 Å². The summed E-state index contributed by atoms with van der Waals surface area (Å²) < 4.78 is 34.0. The summed E-state index contributed by atoms with van der Waals surface area (Å²) in [6, 6.07) is 7.94. The summed E-state index contributed by atoms with van der Waals surface area (Å²) in [6.45, 7) is 6.90. The van der Waals surface area contributed by atoms with E-state index in [1.807, 2.05) is 38.1 Å². The Labute approximate surface area is 139 Å². The molecule has 1 aromatic carbocycles. The van der Waals surface area contributed by atoms with E-state index in [-0.39, 0.29) is 0 Å². The number of ether oxygens (including phenoxy) is 1. The number of methoxy groups -OCH3 is 1. The first-order valence-electron chi connectivity index (χ1n) is 8.14. The zero-order valence-electron chi connectivity index (χ0n) is 14.2. The van der Waals surface area contributed by atoms with E-state index in [2.05, 4.69) is 9.62 Å². The van der Waals surface area contributed by atoms with E-state index >= 15 is 0 Å². The van der Waals surface area contributed by atoms with Crippen LogP contribution in [0.5, 0.6) is 5.75 Å². The summed E-state index contributed by atoms with van der Waals surface area (Å²) in [4.78, 5) is 2.26. The first-order chi connectivity index (χ1) is 11.0. The minimum atomic E-state index is -3.36. The van der Waals surface area contributed by atoms with Gasteiger partial charge in [-0.3, -0.25) is 0 Å². The van der Waals surface area contributed by atoms with Crippen LogP contribution in [0, 0.1) is 5.92 Å². The van der Waals surface area contributed by atoms with Gasteiger partial charge in [-0.05, 0) is 24.5 Å². The lowest BCUT2D eigenvalue weighted by molar-refractivity contribution is 0.414. The Kier molecular flexibility index (Phi) is 6.26. The van der Waals surface area contributed by atoms with Crippen molar-refractivity contribution >= 4 is 15.9 Å². The van der Waals surface area contributed by atoms with E-state index in [4.69, 9.17) is 4.74 Å². The van der Waals surface area contributed by atoms with Gasteiger partial charge in [0.1, 0.15) is 5.75 Å². The first-order valence-corrected chi connectivity index (χ1v) is 9.58. The fourth-order valence-electron chi connectivity index (χ4n) is 2.99. The Hall–Kier alpha value is -1.31. The topological polar surface area (TPSA) is 61.9 Å². The van der Waals surface area contributed by atoms with Gasteiger partial charge in [-0.15, -0.1) is 0 Å². The third kappa shape index (κ3) is 4.37. The zero-order chi connectivity index (χ0) is 16.9. The predicted molar refractivity (Wildman–Crippen MR) is 93.2 cm³/mol. The fourth-order valence-corrected chi connectivity index (χ4v) is 4.30. The Morgan fingerprint density at radius 2 is 2.00 bits per heavy atom. The molecule has 130 valence electrons. The number of hydrogen-bond donors (Lipinski definition) is 1. The van der Waals surface area contributed by atoms with Crippen LogP contribution in [0.15, 0.2) is 24.3 Å². The molecule has 0 radical (unpaired) electrons. The van der Waals surface area contributed by atoms with Crippen LogP contribution in [0.3, 0.4) is 0 Å². The molecule has 0 aliphatic carbocycles. The highest BCUT2D eigenvalue weighted by Gasteiger charge is 2.27. The van der Waals surface area contributed by atoms with Gasteiger partial charge < -0.3 is 9.64 Å². The van der Waals surface area contributed by atoms with E-state index in [1.165, 1.54) is 4.31 Å². The van der Waals surface area contributed by atoms with Crippen molar-refractivity contribution in [3.05, 3.63) is 24.3 Å². The van der Waals surface area contributed by atoms with Gasteiger partial charge in [-0.25, -0.2) is 4.72 Å². The lowest BCUT2D eigenvalue weighted by Crippen LogP contribution is -2.42. The van der Waals surface area contributed by atoms with Crippen LogP contribution in [0.2, 0.25) is 0 Å². The number of hydrogen-bond acceptors (Lipinski definition) is 4. The normalized spacial score (nSPS) is 18.6. The number of nitrogens with one attached hydrogen (secondary N) is 1. The Bertz CT molecular complexity index is 602. The number of nitrogens with zero attached hydrogens (tertiary/aromatic N) is 2. The van der Waals surface area contributed by atoms with Crippen LogP contribution < -0.4 is 14.4 Å². The van der Waals surface area contributed by atoms with Crippen molar-refractivity contribution in [1.82, 2.24) is 9.03 Å². The summed E-state index contributed by atoms with van der Waals surface area (Å²) in [5, 5.41) is 0. The maximum absolute atomic E-state index is 12.2. The van der Waals surface area contributed by atoms with E-state index < -0.39 is 10.2 Å². The quantitative estimate of drug-likeness (QED) is 0.782. The summed E-state index contributed by atoms with van der Waals surface area (Å²) in [5.41, 5.74) is 1.07. The Morgan fingerprint density at radius 1 is 1.30 bits per heavy atom. The molecule has 1 N–H and O–H groups in total. The minimum Gasteiger partial charge on any atom is -0.495 e. The smallest absolute Gasteiger partial charge is 0.279 e. The third-order valence-corrected chi connectivity index (χ3v) is 6.04. The Morgan fingerprint density at radius 3 is 2.65 bits per heavy atom. The van der Waals surface area contributed by atoms with Gasteiger partial charge in [0.05, 0.1) is 12.8 Å². The highest BCUT2D eigenvalue weighted by Crippen LogP contribution is 2.31. The molecule has 0 saturated carbocycles. The number of anilines is 1. The SMILES string of the molecule is CCN(CC)S(=O)(=O)NC[C@H]1CCN(c2ccccc2OC)C1. The molecule has 6 nitrogen and oxygen atoms in total. The van der Waals surface area contributed by atoms with Gasteiger partial charge in [-0.1, -0.05) is 26.0 Å². The van der Waals surface area contributed by atoms with Crippen molar-refractivity contribution in [2.24, 2.45) is 5.92 Å². The Balaban J connectivity index is 1.93.